The molecule has 0 aromatic carbocycles. The van der Waals surface area contributed by atoms with Gasteiger partial charge in [-0.3, -0.25) is 4.79 Å². The molecule has 1 aliphatic carbocycles. The molecule has 96 valence electrons. The van der Waals surface area contributed by atoms with E-state index in [1.165, 1.54) is 12.8 Å². The molecule has 2 aliphatic rings. The maximum absolute atomic E-state index is 11.6. The molecule has 1 aromatic heterocycles. The van der Waals surface area contributed by atoms with E-state index in [9.17, 15) is 4.79 Å². The van der Waals surface area contributed by atoms with Crippen LogP contribution in [0, 0.1) is 5.92 Å². The Kier molecular flexibility index (Phi) is 3.23. The summed E-state index contributed by atoms with van der Waals surface area (Å²) in [5, 5.41) is 6.04. The summed E-state index contributed by atoms with van der Waals surface area (Å²) in [4.78, 5) is 20.3. The van der Waals surface area contributed by atoms with E-state index in [-0.39, 0.29) is 11.8 Å². The topological polar surface area (TPSA) is 66.9 Å². The van der Waals surface area contributed by atoms with Gasteiger partial charge in [-0.2, -0.15) is 0 Å². The minimum absolute atomic E-state index is 0.157. The van der Waals surface area contributed by atoms with E-state index in [2.05, 4.69) is 20.6 Å². The Bertz CT molecular complexity index is 423. The Morgan fingerprint density at radius 3 is 2.61 bits per heavy atom. The largest absolute Gasteiger partial charge is 0.355 e. The first kappa shape index (κ1) is 11.6. The molecule has 0 unspecified atom stereocenters. The molecule has 1 amide bonds. The summed E-state index contributed by atoms with van der Waals surface area (Å²) < 4.78 is 0. The summed E-state index contributed by atoms with van der Waals surface area (Å²) in [6, 6.07) is 0. The van der Waals surface area contributed by atoms with Crippen LogP contribution in [0.15, 0.2) is 12.4 Å². The van der Waals surface area contributed by atoms with Crippen molar-refractivity contribution in [3.05, 3.63) is 23.8 Å². The standard InChI is InChI=1S/C13H18N4O/c18-13(11-7-14-8-11)15-4-3-9-5-16-12(17-6-9)10-1-2-10/h5-6,10-11,14H,1-4,7-8H2,(H,15,18). The van der Waals surface area contributed by atoms with Crippen LogP contribution in [0.3, 0.4) is 0 Å². The van der Waals surface area contributed by atoms with Crippen molar-refractivity contribution in [1.29, 1.82) is 0 Å². The third kappa shape index (κ3) is 2.67. The quantitative estimate of drug-likeness (QED) is 0.780. The van der Waals surface area contributed by atoms with Gasteiger partial charge < -0.3 is 10.6 Å². The van der Waals surface area contributed by atoms with Crippen molar-refractivity contribution in [3.8, 4) is 0 Å². The molecule has 0 atom stereocenters. The molecule has 2 heterocycles. The molecule has 0 spiro atoms. The van der Waals surface area contributed by atoms with E-state index >= 15 is 0 Å². The van der Waals surface area contributed by atoms with E-state index in [1.807, 2.05) is 12.4 Å². The molecule has 1 aromatic rings. The van der Waals surface area contributed by atoms with Gasteiger partial charge >= 0.3 is 0 Å². The molecule has 5 nitrogen and oxygen atoms in total. The number of nitrogens with one attached hydrogen (secondary N) is 2. The maximum Gasteiger partial charge on any atom is 0.225 e. The number of amides is 1. The maximum atomic E-state index is 11.6. The molecule has 1 aliphatic heterocycles. The second-order valence-electron chi connectivity index (χ2n) is 5.12. The fraction of sp³-hybridized carbons (Fsp3) is 0.615. The third-order valence-corrected chi connectivity index (χ3v) is 3.53. The molecule has 1 saturated carbocycles. The van der Waals surface area contributed by atoms with Gasteiger partial charge in [0.2, 0.25) is 5.91 Å². The molecule has 2 N–H and O–H groups in total. The van der Waals surface area contributed by atoms with Crippen LogP contribution in [-0.4, -0.2) is 35.5 Å². The summed E-state index contributed by atoms with van der Waals surface area (Å²) in [7, 11) is 0. The van der Waals surface area contributed by atoms with Crippen molar-refractivity contribution in [2.75, 3.05) is 19.6 Å². The van der Waals surface area contributed by atoms with Crippen LogP contribution in [-0.2, 0) is 11.2 Å². The number of hydrogen-bond acceptors (Lipinski definition) is 4. The van der Waals surface area contributed by atoms with E-state index in [0.29, 0.717) is 12.5 Å². The minimum Gasteiger partial charge on any atom is -0.355 e. The lowest BCUT2D eigenvalue weighted by Crippen LogP contribution is -2.51. The van der Waals surface area contributed by atoms with Crippen LogP contribution >= 0.6 is 0 Å². The monoisotopic (exact) mass is 246 g/mol. The van der Waals surface area contributed by atoms with E-state index in [1.54, 1.807) is 0 Å². The van der Waals surface area contributed by atoms with Gasteiger partial charge in [0.15, 0.2) is 0 Å². The molecule has 5 heteroatoms. The summed E-state index contributed by atoms with van der Waals surface area (Å²) in [6.07, 6.45) is 7.03. The molecular weight excluding hydrogens is 228 g/mol. The van der Waals surface area contributed by atoms with Crippen molar-refractivity contribution in [3.63, 3.8) is 0 Å². The van der Waals surface area contributed by atoms with Crippen molar-refractivity contribution < 1.29 is 4.79 Å². The van der Waals surface area contributed by atoms with Gasteiger partial charge in [0, 0.05) is 37.9 Å². The van der Waals surface area contributed by atoms with Crippen LogP contribution in [0.25, 0.3) is 0 Å². The normalized spacial score (nSPS) is 19.3. The fourth-order valence-electron chi connectivity index (χ4n) is 1.99. The average molecular weight is 246 g/mol. The third-order valence-electron chi connectivity index (χ3n) is 3.53. The second kappa shape index (κ2) is 5.02. The molecule has 2 fully saturated rings. The molecule has 0 bridgehead atoms. The first-order valence-electron chi connectivity index (χ1n) is 6.62. The van der Waals surface area contributed by atoms with Crippen molar-refractivity contribution in [2.24, 2.45) is 5.92 Å². The summed E-state index contributed by atoms with van der Waals surface area (Å²) in [5.74, 6) is 1.90. The Morgan fingerprint density at radius 1 is 1.33 bits per heavy atom. The Morgan fingerprint density at radius 2 is 2.06 bits per heavy atom. The highest BCUT2D eigenvalue weighted by molar-refractivity contribution is 5.79. The fourth-order valence-corrected chi connectivity index (χ4v) is 1.99. The zero-order valence-electron chi connectivity index (χ0n) is 10.4. The SMILES string of the molecule is O=C(NCCc1cnc(C2CC2)nc1)C1CNC1. The van der Waals surface area contributed by atoms with Crippen LogP contribution in [0.4, 0.5) is 0 Å². The zero-order valence-corrected chi connectivity index (χ0v) is 10.4. The van der Waals surface area contributed by atoms with Crippen LogP contribution in [0.5, 0.6) is 0 Å². The Labute approximate surface area is 106 Å². The van der Waals surface area contributed by atoms with Gasteiger partial charge in [-0.1, -0.05) is 0 Å². The highest BCUT2D eigenvalue weighted by Gasteiger charge is 2.26. The first-order valence-corrected chi connectivity index (χ1v) is 6.62. The number of carbonyl (C=O) groups is 1. The van der Waals surface area contributed by atoms with Crippen molar-refractivity contribution in [1.82, 2.24) is 20.6 Å². The molecular formula is C13H18N4O. The lowest BCUT2D eigenvalue weighted by molar-refractivity contribution is -0.126. The second-order valence-corrected chi connectivity index (χ2v) is 5.12. The molecule has 3 rings (SSSR count). The van der Waals surface area contributed by atoms with Crippen molar-refractivity contribution in [2.45, 2.75) is 25.2 Å². The van der Waals surface area contributed by atoms with Gasteiger partial charge in [0.25, 0.3) is 0 Å². The molecule has 1 saturated heterocycles. The zero-order chi connectivity index (χ0) is 12.4. The summed E-state index contributed by atoms with van der Waals surface area (Å²) in [6.45, 7) is 2.29. The number of hydrogen-bond donors (Lipinski definition) is 2. The number of nitrogens with zero attached hydrogens (tertiary/aromatic N) is 2. The average Bonchev–Trinajstić information content (AvgIpc) is 3.11. The lowest BCUT2D eigenvalue weighted by Gasteiger charge is -2.25. The van der Waals surface area contributed by atoms with Crippen LogP contribution in [0.2, 0.25) is 0 Å². The van der Waals surface area contributed by atoms with E-state index in [4.69, 9.17) is 0 Å². The van der Waals surface area contributed by atoms with Gasteiger partial charge in [-0.15, -0.1) is 0 Å². The predicted molar refractivity (Wildman–Crippen MR) is 67.1 cm³/mol. The highest BCUT2D eigenvalue weighted by Crippen LogP contribution is 2.37. The lowest BCUT2D eigenvalue weighted by atomic mass is 10.0. The summed E-state index contributed by atoms with van der Waals surface area (Å²) in [5.41, 5.74) is 1.09. The van der Waals surface area contributed by atoms with E-state index in [0.717, 1.165) is 30.9 Å². The van der Waals surface area contributed by atoms with Gasteiger partial charge in [-0.25, -0.2) is 9.97 Å². The number of carbonyl (C=O) groups excluding carboxylic acids is 1. The van der Waals surface area contributed by atoms with Gasteiger partial charge in [-0.05, 0) is 24.8 Å². The Balaban J connectivity index is 1.43. The smallest absolute Gasteiger partial charge is 0.225 e. The Hall–Kier alpha value is -1.49. The number of rotatable bonds is 5. The van der Waals surface area contributed by atoms with E-state index < -0.39 is 0 Å². The van der Waals surface area contributed by atoms with Crippen LogP contribution in [0.1, 0.15) is 30.1 Å². The van der Waals surface area contributed by atoms with Crippen molar-refractivity contribution >= 4 is 5.91 Å². The first-order chi connectivity index (χ1) is 8.83. The minimum atomic E-state index is 0.157. The summed E-state index contributed by atoms with van der Waals surface area (Å²) >= 11 is 0. The van der Waals surface area contributed by atoms with Gasteiger partial charge in [0.05, 0.1) is 5.92 Å². The molecule has 18 heavy (non-hydrogen) atoms. The van der Waals surface area contributed by atoms with Gasteiger partial charge in [0.1, 0.15) is 5.82 Å². The predicted octanol–water partition coefficient (Wildman–Crippen LogP) is 0.232. The highest BCUT2D eigenvalue weighted by atomic mass is 16.2. The number of aromatic nitrogens is 2. The van der Waals surface area contributed by atoms with Crippen LogP contribution < -0.4 is 10.6 Å². The molecule has 0 radical (unpaired) electrons.